The van der Waals surface area contributed by atoms with Gasteiger partial charge in [0, 0.05) is 10.7 Å². The van der Waals surface area contributed by atoms with Crippen molar-refractivity contribution in [1.29, 1.82) is 0 Å². The molecule has 0 fully saturated rings. The molecule has 3 rings (SSSR count). The maximum absolute atomic E-state index is 11.9. The highest BCUT2D eigenvalue weighted by molar-refractivity contribution is 7.18. The fraction of sp³-hybridized carbons (Fsp3) is 0.125. The number of rotatable bonds is 4. The number of amides is 1. The monoisotopic (exact) mass is 332 g/mol. The van der Waals surface area contributed by atoms with Crippen molar-refractivity contribution < 1.29 is 9.53 Å². The van der Waals surface area contributed by atoms with E-state index in [-0.39, 0.29) is 12.5 Å². The van der Waals surface area contributed by atoms with Crippen LogP contribution in [0.3, 0.4) is 0 Å². The average molecular weight is 333 g/mol. The lowest BCUT2D eigenvalue weighted by molar-refractivity contribution is -0.118. The molecule has 0 unspecified atom stereocenters. The van der Waals surface area contributed by atoms with Crippen LogP contribution in [0.25, 0.3) is 10.2 Å². The number of hydrogen-bond acceptors (Lipinski definition) is 4. The van der Waals surface area contributed by atoms with Crippen LogP contribution < -0.4 is 10.1 Å². The van der Waals surface area contributed by atoms with Crippen molar-refractivity contribution >= 4 is 44.7 Å². The molecule has 2 aromatic carbocycles. The van der Waals surface area contributed by atoms with Gasteiger partial charge in [-0.05, 0) is 49.4 Å². The maximum atomic E-state index is 11.9. The van der Waals surface area contributed by atoms with Gasteiger partial charge in [0.25, 0.3) is 5.91 Å². The molecule has 3 aromatic rings. The maximum Gasteiger partial charge on any atom is 0.262 e. The zero-order valence-corrected chi connectivity index (χ0v) is 13.4. The predicted octanol–water partition coefficient (Wildman–Crippen LogP) is 4.28. The molecule has 1 heterocycles. The predicted molar refractivity (Wildman–Crippen MR) is 89.9 cm³/mol. The van der Waals surface area contributed by atoms with Gasteiger partial charge >= 0.3 is 0 Å². The normalized spacial score (nSPS) is 10.6. The second-order valence-corrected chi connectivity index (χ2v) is 6.38. The second-order valence-electron chi connectivity index (χ2n) is 4.71. The largest absolute Gasteiger partial charge is 0.484 e. The number of nitrogens with zero attached hydrogens (tertiary/aromatic N) is 1. The lowest BCUT2D eigenvalue weighted by Gasteiger charge is -2.07. The lowest BCUT2D eigenvalue weighted by Crippen LogP contribution is -2.20. The van der Waals surface area contributed by atoms with Gasteiger partial charge in [0.2, 0.25) is 0 Å². The van der Waals surface area contributed by atoms with Gasteiger partial charge in [-0.3, -0.25) is 4.79 Å². The molecule has 4 nitrogen and oxygen atoms in total. The first-order chi connectivity index (χ1) is 10.6. The van der Waals surface area contributed by atoms with Crippen molar-refractivity contribution in [3.8, 4) is 5.75 Å². The van der Waals surface area contributed by atoms with Crippen LogP contribution in [-0.4, -0.2) is 17.5 Å². The standard InChI is InChI=1S/C16H13ClN2O2S/c1-10-18-14-8-12(4-7-15(14)22-10)19-16(20)9-21-13-5-2-11(17)3-6-13/h2-8H,9H2,1H3,(H,19,20). The average Bonchev–Trinajstić information content (AvgIpc) is 2.86. The number of hydrogen-bond donors (Lipinski definition) is 1. The minimum atomic E-state index is -0.221. The Kier molecular flexibility index (Phi) is 4.27. The van der Waals surface area contributed by atoms with Crippen molar-refractivity contribution in [3.05, 3.63) is 52.5 Å². The summed E-state index contributed by atoms with van der Waals surface area (Å²) in [5, 5.41) is 4.43. The number of benzene rings is 2. The van der Waals surface area contributed by atoms with Crippen LogP contribution in [-0.2, 0) is 4.79 Å². The summed E-state index contributed by atoms with van der Waals surface area (Å²) >= 11 is 7.42. The van der Waals surface area contributed by atoms with Gasteiger partial charge < -0.3 is 10.1 Å². The summed E-state index contributed by atoms with van der Waals surface area (Å²) < 4.78 is 6.51. The molecule has 0 atom stereocenters. The Hall–Kier alpha value is -2.11. The fourth-order valence-corrected chi connectivity index (χ4v) is 2.93. The van der Waals surface area contributed by atoms with E-state index in [9.17, 15) is 4.79 Å². The molecule has 0 aliphatic heterocycles. The Labute approximate surface area is 136 Å². The molecule has 0 saturated carbocycles. The number of anilines is 1. The van der Waals surface area contributed by atoms with Crippen molar-refractivity contribution in [2.24, 2.45) is 0 Å². The molecule has 0 aliphatic carbocycles. The van der Waals surface area contributed by atoms with Gasteiger partial charge in [-0.25, -0.2) is 4.98 Å². The van der Waals surface area contributed by atoms with E-state index in [4.69, 9.17) is 16.3 Å². The Balaban J connectivity index is 1.61. The SMILES string of the molecule is Cc1nc2cc(NC(=O)COc3ccc(Cl)cc3)ccc2s1. The smallest absolute Gasteiger partial charge is 0.262 e. The van der Waals surface area contributed by atoms with Gasteiger partial charge in [0.05, 0.1) is 15.2 Å². The van der Waals surface area contributed by atoms with Crippen molar-refractivity contribution in [1.82, 2.24) is 4.98 Å². The van der Waals surface area contributed by atoms with E-state index in [1.807, 2.05) is 25.1 Å². The lowest BCUT2D eigenvalue weighted by atomic mass is 10.3. The van der Waals surface area contributed by atoms with Crippen LogP contribution in [0, 0.1) is 6.92 Å². The number of aryl methyl sites for hydroxylation is 1. The number of thiazole rings is 1. The molecule has 1 aromatic heterocycles. The number of carbonyl (C=O) groups is 1. The first-order valence-corrected chi connectivity index (χ1v) is 7.85. The van der Waals surface area contributed by atoms with E-state index < -0.39 is 0 Å². The van der Waals surface area contributed by atoms with Crippen LogP contribution in [0.5, 0.6) is 5.75 Å². The van der Waals surface area contributed by atoms with Crippen LogP contribution in [0.4, 0.5) is 5.69 Å². The van der Waals surface area contributed by atoms with Crippen LogP contribution in [0.2, 0.25) is 5.02 Å². The summed E-state index contributed by atoms with van der Waals surface area (Å²) in [4.78, 5) is 16.3. The number of carbonyl (C=O) groups excluding carboxylic acids is 1. The number of nitrogens with one attached hydrogen (secondary N) is 1. The third kappa shape index (κ3) is 3.55. The fourth-order valence-electron chi connectivity index (χ4n) is 2.00. The van der Waals surface area contributed by atoms with E-state index in [1.54, 1.807) is 35.6 Å². The first-order valence-electron chi connectivity index (χ1n) is 6.65. The Morgan fingerprint density at radius 1 is 1.27 bits per heavy atom. The molecule has 0 radical (unpaired) electrons. The van der Waals surface area contributed by atoms with Crippen molar-refractivity contribution in [3.63, 3.8) is 0 Å². The Bertz CT molecular complexity index is 815. The number of halogens is 1. The van der Waals surface area contributed by atoms with E-state index in [0.29, 0.717) is 16.5 Å². The van der Waals surface area contributed by atoms with Crippen LogP contribution >= 0.6 is 22.9 Å². The van der Waals surface area contributed by atoms with E-state index in [2.05, 4.69) is 10.3 Å². The van der Waals surface area contributed by atoms with E-state index >= 15 is 0 Å². The number of fused-ring (bicyclic) bond motifs is 1. The molecular weight excluding hydrogens is 320 g/mol. The Morgan fingerprint density at radius 2 is 2.05 bits per heavy atom. The van der Waals surface area contributed by atoms with Crippen LogP contribution in [0.1, 0.15) is 5.01 Å². The third-order valence-corrected chi connectivity index (χ3v) is 4.17. The number of aromatic nitrogens is 1. The van der Waals surface area contributed by atoms with Gasteiger partial charge in [-0.1, -0.05) is 11.6 Å². The summed E-state index contributed by atoms with van der Waals surface area (Å²) in [5.41, 5.74) is 1.60. The molecular formula is C16H13ClN2O2S. The van der Waals surface area contributed by atoms with Gasteiger partial charge in [-0.15, -0.1) is 11.3 Å². The summed E-state index contributed by atoms with van der Waals surface area (Å²) in [6.45, 7) is 1.90. The molecule has 6 heteroatoms. The molecule has 0 bridgehead atoms. The third-order valence-electron chi connectivity index (χ3n) is 2.96. The zero-order valence-electron chi connectivity index (χ0n) is 11.8. The van der Waals surface area contributed by atoms with E-state index in [1.165, 1.54) is 0 Å². The summed E-state index contributed by atoms with van der Waals surface area (Å²) in [5.74, 6) is 0.381. The van der Waals surface area contributed by atoms with Crippen molar-refractivity contribution in [2.75, 3.05) is 11.9 Å². The summed E-state index contributed by atoms with van der Waals surface area (Å²) in [7, 11) is 0. The number of ether oxygens (including phenoxy) is 1. The second kappa shape index (κ2) is 6.34. The zero-order chi connectivity index (χ0) is 15.5. The summed E-state index contributed by atoms with van der Waals surface area (Å²) in [6.07, 6.45) is 0. The molecule has 0 spiro atoms. The van der Waals surface area contributed by atoms with Gasteiger partial charge in [0.1, 0.15) is 5.75 Å². The topological polar surface area (TPSA) is 51.2 Å². The molecule has 0 saturated heterocycles. The highest BCUT2D eigenvalue weighted by atomic mass is 35.5. The summed E-state index contributed by atoms with van der Waals surface area (Å²) in [6, 6.07) is 12.6. The quantitative estimate of drug-likeness (QED) is 0.776. The molecule has 22 heavy (non-hydrogen) atoms. The highest BCUT2D eigenvalue weighted by Gasteiger charge is 2.06. The molecule has 1 N–H and O–H groups in total. The molecule has 0 aliphatic rings. The minimum absolute atomic E-state index is 0.0598. The molecule has 1 amide bonds. The Morgan fingerprint density at radius 3 is 2.82 bits per heavy atom. The van der Waals surface area contributed by atoms with Crippen molar-refractivity contribution in [2.45, 2.75) is 6.92 Å². The van der Waals surface area contributed by atoms with Gasteiger partial charge in [0.15, 0.2) is 6.61 Å². The minimum Gasteiger partial charge on any atom is -0.484 e. The molecule has 112 valence electrons. The van der Waals surface area contributed by atoms with Crippen LogP contribution in [0.15, 0.2) is 42.5 Å². The first kappa shape index (κ1) is 14.8. The van der Waals surface area contributed by atoms with Gasteiger partial charge in [-0.2, -0.15) is 0 Å². The van der Waals surface area contributed by atoms with E-state index in [0.717, 1.165) is 15.2 Å². The highest BCUT2D eigenvalue weighted by Crippen LogP contribution is 2.24.